The summed E-state index contributed by atoms with van der Waals surface area (Å²) in [5, 5.41) is 3.18. The van der Waals surface area contributed by atoms with Gasteiger partial charge < -0.3 is 9.73 Å². The number of hydrogen-bond donors (Lipinski definition) is 1. The van der Waals surface area contributed by atoms with Gasteiger partial charge in [-0.1, -0.05) is 54.6 Å². The van der Waals surface area contributed by atoms with Crippen LogP contribution in [0.25, 0.3) is 11.3 Å². The first-order valence-corrected chi connectivity index (χ1v) is 9.17. The number of amides is 1. The Morgan fingerprint density at radius 1 is 1.12 bits per heavy atom. The SMILES string of the molecule is O=C(CCc1ncc(-c2ccccc2)o1)NC1CCCc2ccccc21. The third-order valence-electron chi connectivity index (χ3n) is 4.88. The van der Waals surface area contributed by atoms with E-state index in [4.69, 9.17) is 4.42 Å². The van der Waals surface area contributed by atoms with Gasteiger partial charge in [-0.25, -0.2) is 4.98 Å². The number of carbonyl (C=O) groups is 1. The first kappa shape index (κ1) is 16.6. The van der Waals surface area contributed by atoms with Crippen molar-refractivity contribution in [3.63, 3.8) is 0 Å². The Morgan fingerprint density at radius 3 is 2.81 bits per heavy atom. The van der Waals surface area contributed by atoms with E-state index in [1.807, 2.05) is 36.4 Å². The van der Waals surface area contributed by atoms with E-state index in [1.54, 1.807) is 6.20 Å². The van der Waals surface area contributed by atoms with Gasteiger partial charge >= 0.3 is 0 Å². The topological polar surface area (TPSA) is 55.1 Å². The summed E-state index contributed by atoms with van der Waals surface area (Å²) in [5.74, 6) is 1.39. The summed E-state index contributed by atoms with van der Waals surface area (Å²) in [4.78, 5) is 16.7. The van der Waals surface area contributed by atoms with Crippen molar-refractivity contribution < 1.29 is 9.21 Å². The van der Waals surface area contributed by atoms with E-state index in [0.717, 1.165) is 30.6 Å². The third-order valence-corrected chi connectivity index (χ3v) is 4.88. The second-order valence-corrected chi connectivity index (χ2v) is 6.70. The summed E-state index contributed by atoms with van der Waals surface area (Å²) in [6, 6.07) is 18.4. The largest absolute Gasteiger partial charge is 0.441 e. The number of nitrogens with zero attached hydrogens (tertiary/aromatic N) is 1. The fourth-order valence-corrected chi connectivity index (χ4v) is 3.55. The second-order valence-electron chi connectivity index (χ2n) is 6.70. The summed E-state index contributed by atoms with van der Waals surface area (Å²) < 4.78 is 5.78. The van der Waals surface area contributed by atoms with E-state index in [9.17, 15) is 4.79 Å². The van der Waals surface area contributed by atoms with Gasteiger partial charge in [-0.15, -0.1) is 0 Å². The van der Waals surface area contributed by atoms with Crippen LogP contribution in [0.5, 0.6) is 0 Å². The number of carbonyl (C=O) groups excluding carboxylic acids is 1. The molecule has 1 aliphatic carbocycles. The highest BCUT2D eigenvalue weighted by Crippen LogP contribution is 2.29. The van der Waals surface area contributed by atoms with Crippen molar-refractivity contribution in [2.75, 3.05) is 0 Å². The summed E-state index contributed by atoms with van der Waals surface area (Å²) in [6.45, 7) is 0. The van der Waals surface area contributed by atoms with Crippen LogP contribution in [0.4, 0.5) is 0 Å². The molecule has 132 valence electrons. The molecule has 3 aromatic rings. The summed E-state index contributed by atoms with van der Waals surface area (Å²) in [7, 11) is 0. The number of oxazole rings is 1. The molecule has 0 saturated carbocycles. The van der Waals surface area contributed by atoms with Gasteiger partial charge in [-0.2, -0.15) is 0 Å². The zero-order chi connectivity index (χ0) is 17.8. The molecule has 1 heterocycles. The van der Waals surface area contributed by atoms with E-state index >= 15 is 0 Å². The quantitative estimate of drug-likeness (QED) is 0.742. The van der Waals surface area contributed by atoms with E-state index in [2.05, 4.69) is 28.5 Å². The van der Waals surface area contributed by atoms with Crippen molar-refractivity contribution >= 4 is 5.91 Å². The maximum atomic E-state index is 12.4. The summed E-state index contributed by atoms with van der Waals surface area (Å²) in [6.07, 6.45) is 5.82. The van der Waals surface area contributed by atoms with Crippen LogP contribution in [0.1, 0.15) is 42.3 Å². The molecule has 0 spiro atoms. The minimum absolute atomic E-state index is 0.0474. The monoisotopic (exact) mass is 346 g/mol. The molecule has 0 fully saturated rings. The van der Waals surface area contributed by atoms with Crippen LogP contribution in [0.2, 0.25) is 0 Å². The van der Waals surface area contributed by atoms with Crippen molar-refractivity contribution in [2.24, 2.45) is 0 Å². The second kappa shape index (κ2) is 7.56. The third kappa shape index (κ3) is 3.69. The number of nitrogens with one attached hydrogen (secondary N) is 1. The average Bonchev–Trinajstić information content (AvgIpc) is 3.17. The van der Waals surface area contributed by atoms with Gasteiger partial charge in [0.25, 0.3) is 0 Å². The van der Waals surface area contributed by atoms with Crippen molar-refractivity contribution in [3.8, 4) is 11.3 Å². The van der Waals surface area contributed by atoms with Gasteiger partial charge in [0.05, 0.1) is 12.2 Å². The zero-order valence-corrected chi connectivity index (χ0v) is 14.7. The molecule has 0 saturated heterocycles. The molecule has 4 heteroatoms. The highest BCUT2D eigenvalue weighted by molar-refractivity contribution is 5.76. The fraction of sp³-hybridized carbons (Fsp3) is 0.273. The van der Waals surface area contributed by atoms with Gasteiger partial charge in [0.2, 0.25) is 5.91 Å². The lowest BCUT2D eigenvalue weighted by molar-refractivity contribution is -0.122. The van der Waals surface area contributed by atoms with E-state index in [1.165, 1.54) is 11.1 Å². The van der Waals surface area contributed by atoms with E-state index in [0.29, 0.717) is 18.7 Å². The van der Waals surface area contributed by atoms with Crippen LogP contribution in [-0.2, 0) is 17.6 Å². The van der Waals surface area contributed by atoms with Gasteiger partial charge in [0.15, 0.2) is 11.7 Å². The summed E-state index contributed by atoms with van der Waals surface area (Å²) >= 11 is 0. The van der Waals surface area contributed by atoms with E-state index in [-0.39, 0.29) is 11.9 Å². The molecule has 1 amide bonds. The molecular weight excluding hydrogens is 324 g/mol. The lowest BCUT2D eigenvalue weighted by atomic mass is 9.87. The number of aryl methyl sites for hydroxylation is 2. The highest BCUT2D eigenvalue weighted by Gasteiger charge is 2.21. The predicted octanol–water partition coefficient (Wildman–Crippen LogP) is 4.47. The van der Waals surface area contributed by atoms with Crippen LogP contribution >= 0.6 is 0 Å². The molecule has 4 rings (SSSR count). The van der Waals surface area contributed by atoms with Crippen molar-refractivity contribution in [3.05, 3.63) is 77.8 Å². The van der Waals surface area contributed by atoms with Gasteiger partial charge in [-0.05, 0) is 30.4 Å². The van der Waals surface area contributed by atoms with Crippen molar-refractivity contribution in [1.29, 1.82) is 0 Å². The van der Waals surface area contributed by atoms with Gasteiger partial charge in [0.1, 0.15) is 0 Å². The zero-order valence-electron chi connectivity index (χ0n) is 14.7. The maximum absolute atomic E-state index is 12.4. The molecule has 1 N–H and O–H groups in total. The standard InChI is InChI=1S/C22H22N2O2/c25-21(24-19-12-6-10-16-7-4-5-11-18(16)19)13-14-22-23-15-20(26-22)17-8-2-1-3-9-17/h1-5,7-9,11,15,19H,6,10,12-14H2,(H,24,25). The van der Waals surface area contributed by atoms with Crippen molar-refractivity contribution in [1.82, 2.24) is 10.3 Å². The van der Waals surface area contributed by atoms with Gasteiger partial charge in [-0.3, -0.25) is 4.79 Å². The average molecular weight is 346 g/mol. The van der Waals surface area contributed by atoms with Crippen LogP contribution in [0, 0.1) is 0 Å². The molecular formula is C22H22N2O2. The molecule has 2 aromatic carbocycles. The lowest BCUT2D eigenvalue weighted by Crippen LogP contribution is -2.31. The number of fused-ring (bicyclic) bond motifs is 1. The first-order valence-electron chi connectivity index (χ1n) is 9.17. The fourth-order valence-electron chi connectivity index (χ4n) is 3.55. The number of hydrogen-bond acceptors (Lipinski definition) is 3. The highest BCUT2D eigenvalue weighted by atomic mass is 16.4. The summed E-state index contributed by atoms with van der Waals surface area (Å²) in [5.41, 5.74) is 3.60. The molecule has 4 nitrogen and oxygen atoms in total. The van der Waals surface area contributed by atoms with Crippen LogP contribution in [0.3, 0.4) is 0 Å². The number of rotatable bonds is 5. The Kier molecular flexibility index (Phi) is 4.82. The molecule has 26 heavy (non-hydrogen) atoms. The molecule has 1 unspecified atom stereocenters. The minimum atomic E-state index is 0.0474. The Balaban J connectivity index is 1.35. The Morgan fingerprint density at radius 2 is 1.92 bits per heavy atom. The Labute approximate surface area is 153 Å². The first-order chi connectivity index (χ1) is 12.8. The smallest absolute Gasteiger partial charge is 0.220 e. The van der Waals surface area contributed by atoms with Crippen LogP contribution < -0.4 is 5.32 Å². The van der Waals surface area contributed by atoms with Gasteiger partial charge in [0, 0.05) is 18.4 Å². The van der Waals surface area contributed by atoms with Crippen LogP contribution in [0.15, 0.2) is 65.2 Å². The van der Waals surface area contributed by atoms with E-state index < -0.39 is 0 Å². The number of aromatic nitrogens is 1. The lowest BCUT2D eigenvalue weighted by Gasteiger charge is -2.26. The molecule has 0 aliphatic heterocycles. The molecule has 1 atom stereocenters. The Bertz CT molecular complexity index is 886. The molecule has 1 aromatic heterocycles. The number of benzene rings is 2. The minimum Gasteiger partial charge on any atom is -0.441 e. The predicted molar refractivity (Wildman–Crippen MR) is 101 cm³/mol. The van der Waals surface area contributed by atoms with Crippen LogP contribution in [-0.4, -0.2) is 10.9 Å². The molecule has 0 bridgehead atoms. The van der Waals surface area contributed by atoms with Crippen molar-refractivity contribution in [2.45, 2.75) is 38.1 Å². The normalized spacial score (nSPS) is 16.1. The molecule has 0 radical (unpaired) electrons. The molecule has 1 aliphatic rings. The maximum Gasteiger partial charge on any atom is 0.220 e. The Hall–Kier alpha value is -2.88.